The highest BCUT2D eigenvalue weighted by molar-refractivity contribution is 4.90. The van der Waals surface area contributed by atoms with E-state index in [1.807, 2.05) is 0 Å². The zero-order valence-corrected chi connectivity index (χ0v) is 10.8. The molecule has 0 saturated heterocycles. The van der Waals surface area contributed by atoms with E-state index in [-0.39, 0.29) is 0 Å². The first-order valence-corrected chi connectivity index (χ1v) is 6.18. The minimum atomic E-state index is 0.411. The molecule has 1 aliphatic carbocycles. The molecule has 0 aromatic heterocycles. The molecule has 0 radical (unpaired) electrons. The van der Waals surface area contributed by atoms with E-state index in [9.17, 15) is 0 Å². The fourth-order valence-electron chi connectivity index (χ4n) is 2.33. The molecule has 0 amide bonds. The SMILES string of the molecule is COCCN(C(C)COC)C(CN)C1CC1. The largest absolute Gasteiger partial charge is 0.383 e. The van der Waals surface area contributed by atoms with Gasteiger partial charge >= 0.3 is 0 Å². The maximum atomic E-state index is 5.90. The summed E-state index contributed by atoms with van der Waals surface area (Å²) >= 11 is 0. The molecule has 4 nitrogen and oxygen atoms in total. The molecule has 1 rings (SSSR count). The lowest BCUT2D eigenvalue weighted by molar-refractivity contribution is 0.0427. The number of nitrogens with two attached hydrogens (primary N) is 1. The minimum absolute atomic E-state index is 0.411. The van der Waals surface area contributed by atoms with Crippen LogP contribution in [0.4, 0.5) is 0 Å². The maximum Gasteiger partial charge on any atom is 0.0615 e. The molecule has 2 atom stereocenters. The summed E-state index contributed by atoms with van der Waals surface area (Å²) in [5.74, 6) is 0.793. The normalized spacial score (nSPS) is 20.1. The Balaban J connectivity index is 2.52. The minimum Gasteiger partial charge on any atom is -0.383 e. The number of nitrogens with zero attached hydrogens (tertiary/aromatic N) is 1. The van der Waals surface area contributed by atoms with Gasteiger partial charge < -0.3 is 15.2 Å². The van der Waals surface area contributed by atoms with Gasteiger partial charge in [-0.1, -0.05) is 0 Å². The van der Waals surface area contributed by atoms with Crippen LogP contribution >= 0.6 is 0 Å². The zero-order valence-electron chi connectivity index (χ0n) is 10.8. The van der Waals surface area contributed by atoms with Gasteiger partial charge in [-0.2, -0.15) is 0 Å². The van der Waals surface area contributed by atoms with E-state index in [0.29, 0.717) is 12.1 Å². The monoisotopic (exact) mass is 230 g/mol. The van der Waals surface area contributed by atoms with Crippen LogP contribution in [0.15, 0.2) is 0 Å². The Bertz CT molecular complexity index is 186. The zero-order chi connectivity index (χ0) is 12.0. The number of methoxy groups -OCH3 is 2. The smallest absolute Gasteiger partial charge is 0.0615 e. The topological polar surface area (TPSA) is 47.7 Å². The number of ether oxygens (including phenoxy) is 2. The maximum absolute atomic E-state index is 5.90. The van der Waals surface area contributed by atoms with Gasteiger partial charge in [0.15, 0.2) is 0 Å². The lowest BCUT2D eigenvalue weighted by Crippen LogP contribution is -2.50. The molecule has 1 aliphatic rings. The Hall–Kier alpha value is -0.160. The number of hydrogen-bond donors (Lipinski definition) is 1. The third-order valence-electron chi connectivity index (χ3n) is 3.36. The second-order valence-electron chi connectivity index (χ2n) is 4.68. The molecule has 0 bridgehead atoms. The van der Waals surface area contributed by atoms with Crippen LogP contribution in [0.1, 0.15) is 19.8 Å². The van der Waals surface area contributed by atoms with Gasteiger partial charge in [-0.05, 0) is 25.7 Å². The van der Waals surface area contributed by atoms with Crippen LogP contribution in [0.5, 0.6) is 0 Å². The van der Waals surface area contributed by atoms with Crippen LogP contribution in [0.2, 0.25) is 0 Å². The highest BCUT2D eigenvalue weighted by Crippen LogP contribution is 2.35. The molecule has 96 valence electrons. The van der Waals surface area contributed by atoms with Crippen molar-refractivity contribution in [3.63, 3.8) is 0 Å². The molecule has 16 heavy (non-hydrogen) atoms. The number of rotatable bonds is 9. The molecule has 0 aromatic rings. The van der Waals surface area contributed by atoms with Gasteiger partial charge in [0.25, 0.3) is 0 Å². The van der Waals surface area contributed by atoms with Crippen LogP contribution in [0.25, 0.3) is 0 Å². The van der Waals surface area contributed by atoms with Crippen molar-refractivity contribution >= 4 is 0 Å². The van der Waals surface area contributed by atoms with Crippen LogP contribution < -0.4 is 5.73 Å². The molecule has 0 aromatic carbocycles. The molecule has 2 N–H and O–H groups in total. The summed E-state index contributed by atoms with van der Waals surface area (Å²) in [5.41, 5.74) is 5.90. The van der Waals surface area contributed by atoms with Gasteiger partial charge in [-0.25, -0.2) is 0 Å². The van der Waals surface area contributed by atoms with E-state index < -0.39 is 0 Å². The second kappa shape index (κ2) is 7.22. The van der Waals surface area contributed by atoms with E-state index in [2.05, 4.69) is 11.8 Å². The van der Waals surface area contributed by atoms with Crippen molar-refractivity contribution in [2.45, 2.75) is 31.8 Å². The summed E-state index contributed by atoms with van der Waals surface area (Å²) < 4.78 is 10.4. The molecule has 1 saturated carbocycles. The van der Waals surface area contributed by atoms with Crippen LogP contribution in [0, 0.1) is 5.92 Å². The first-order chi connectivity index (χ1) is 7.74. The fraction of sp³-hybridized carbons (Fsp3) is 1.00. The van der Waals surface area contributed by atoms with Crippen molar-refractivity contribution < 1.29 is 9.47 Å². The molecular weight excluding hydrogens is 204 g/mol. The summed E-state index contributed by atoms with van der Waals surface area (Å²) in [4.78, 5) is 2.45. The van der Waals surface area contributed by atoms with Crippen LogP contribution in [0.3, 0.4) is 0 Å². The van der Waals surface area contributed by atoms with Gasteiger partial charge in [-0.15, -0.1) is 0 Å². The second-order valence-corrected chi connectivity index (χ2v) is 4.68. The third-order valence-corrected chi connectivity index (χ3v) is 3.36. The van der Waals surface area contributed by atoms with Crippen molar-refractivity contribution in [1.29, 1.82) is 0 Å². The van der Waals surface area contributed by atoms with E-state index in [1.54, 1.807) is 14.2 Å². The highest BCUT2D eigenvalue weighted by Gasteiger charge is 2.35. The molecular formula is C12H26N2O2. The predicted molar refractivity (Wildman–Crippen MR) is 65.5 cm³/mol. The third kappa shape index (κ3) is 4.01. The average molecular weight is 230 g/mol. The Morgan fingerprint density at radius 3 is 2.44 bits per heavy atom. The first kappa shape index (κ1) is 13.9. The lowest BCUT2D eigenvalue weighted by atomic mass is 10.1. The highest BCUT2D eigenvalue weighted by atomic mass is 16.5. The van der Waals surface area contributed by atoms with Gasteiger partial charge in [0.1, 0.15) is 0 Å². The predicted octanol–water partition coefficient (Wildman–Crippen LogP) is 0.707. The molecule has 4 heteroatoms. The summed E-state index contributed by atoms with van der Waals surface area (Å²) in [6, 6.07) is 0.912. The standard InChI is InChI=1S/C12H26N2O2/c1-10(9-16-3)14(6-7-15-2)12(8-13)11-4-5-11/h10-12H,4-9,13H2,1-3H3. The first-order valence-electron chi connectivity index (χ1n) is 6.18. The summed E-state index contributed by atoms with van der Waals surface area (Å²) in [7, 11) is 3.49. The van der Waals surface area contributed by atoms with Gasteiger partial charge in [0.05, 0.1) is 13.2 Å². The average Bonchev–Trinajstić information content (AvgIpc) is 3.08. The Labute approximate surface area is 99.1 Å². The van der Waals surface area contributed by atoms with Crippen molar-refractivity contribution in [2.24, 2.45) is 11.7 Å². The van der Waals surface area contributed by atoms with Crippen LogP contribution in [-0.2, 0) is 9.47 Å². The van der Waals surface area contributed by atoms with E-state index in [1.165, 1.54) is 12.8 Å². The van der Waals surface area contributed by atoms with Crippen molar-refractivity contribution in [1.82, 2.24) is 4.90 Å². The van der Waals surface area contributed by atoms with Gasteiger partial charge in [0.2, 0.25) is 0 Å². The Morgan fingerprint density at radius 2 is 2.00 bits per heavy atom. The Kier molecular flexibility index (Phi) is 6.28. The van der Waals surface area contributed by atoms with Crippen LogP contribution in [-0.4, -0.2) is 57.5 Å². The lowest BCUT2D eigenvalue weighted by Gasteiger charge is -2.35. The summed E-state index contributed by atoms with van der Waals surface area (Å²) in [6.07, 6.45) is 2.65. The van der Waals surface area contributed by atoms with E-state index in [4.69, 9.17) is 15.2 Å². The molecule has 0 heterocycles. The van der Waals surface area contributed by atoms with E-state index >= 15 is 0 Å². The molecule has 1 fully saturated rings. The quantitative estimate of drug-likeness (QED) is 0.633. The van der Waals surface area contributed by atoms with Crippen molar-refractivity contribution in [3.8, 4) is 0 Å². The van der Waals surface area contributed by atoms with Gasteiger partial charge in [-0.3, -0.25) is 4.90 Å². The van der Waals surface area contributed by atoms with Crippen molar-refractivity contribution in [2.75, 3.05) is 40.5 Å². The molecule has 0 aliphatic heterocycles. The fourth-order valence-corrected chi connectivity index (χ4v) is 2.33. The van der Waals surface area contributed by atoms with Crippen molar-refractivity contribution in [3.05, 3.63) is 0 Å². The van der Waals surface area contributed by atoms with E-state index in [0.717, 1.165) is 32.2 Å². The summed E-state index contributed by atoms with van der Waals surface area (Å²) in [6.45, 7) is 5.40. The molecule has 2 unspecified atom stereocenters. The number of hydrogen-bond acceptors (Lipinski definition) is 4. The Morgan fingerprint density at radius 1 is 1.31 bits per heavy atom. The van der Waals surface area contributed by atoms with Gasteiger partial charge in [0, 0.05) is 39.4 Å². The summed E-state index contributed by atoms with van der Waals surface area (Å²) in [5, 5.41) is 0. The molecule has 0 spiro atoms.